The number of ether oxygens (including phenoxy) is 1. The molecule has 1 heterocycles. The Bertz CT molecular complexity index is 789. The molecule has 1 aromatic heterocycles. The fourth-order valence-corrected chi connectivity index (χ4v) is 3.15. The van der Waals surface area contributed by atoms with Gasteiger partial charge in [-0.3, -0.25) is 0 Å². The maximum atomic E-state index is 14.0. The van der Waals surface area contributed by atoms with Gasteiger partial charge in [-0.15, -0.1) is 11.3 Å². The summed E-state index contributed by atoms with van der Waals surface area (Å²) in [4.78, 5) is 0. The Labute approximate surface area is 120 Å². The minimum absolute atomic E-state index is 0.205. The Hall–Kier alpha value is -2.13. The molecule has 0 radical (unpaired) electrons. The molecule has 3 rings (SSSR count). The largest absolute Gasteiger partial charge is 0.497 e. The maximum Gasteiger partial charge on any atom is 0.131 e. The van der Waals surface area contributed by atoms with Crippen molar-refractivity contribution >= 4 is 27.2 Å². The molecule has 2 aromatic carbocycles. The van der Waals surface area contributed by atoms with Crippen molar-refractivity contribution in [3.63, 3.8) is 0 Å². The minimum atomic E-state index is -0.205. The average molecular weight is 284 g/mol. The number of rotatable bonds is 3. The van der Waals surface area contributed by atoms with Gasteiger partial charge in [-0.05, 0) is 29.6 Å². The molecule has 0 unspecified atom stereocenters. The molecule has 100 valence electrons. The summed E-state index contributed by atoms with van der Waals surface area (Å²) in [6.07, 6.45) is 0. The third kappa shape index (κ3) is 2.10. The van der Waals surface area contributed by atoms with Crippen molar-refractivity contribution in [1.82, 2.24) is 0 Å². The summed E-state index contributed by atoms with van der Waals surface area (Å²) in [5, 5.41) is 3.01. The van der Waals surface area contributed by atoms with Gasteiger partial charge in [0.15, 0.2) is 0 Å². The van der Waals surface area contributed by atoms with E-state index in [0.717, 1.165) is 21.2 Å². The highest BCUT2D eigenvalue weighted by Gasteiger charge is 2.11. The van der Waals surface area contributed by atoms with Crippen LogP contribution in [0.2, 0.25) is 0 Å². The number of methoxy groups -OCH3 is 1. The molecule has 0 amide bonds. The fraction of sp³-hybridized carbons (Fsp3) is 0.0588. The van der Waals surface area contributed by atoms with E-state index in [-0.39, 0.29) is 5.82 Å². The molecule has 0 saturated carbocycles. The summed E-state index contributed by atoms with van der Waals surface area (Å²) in [5.41, 5.74) is 2.45. The highest BCUT2D eigenvalue weighted by molar-refractivity contribution is 7.17. The standard InChI is InChI=1S/C17H13FOS/c1-11(19-2)12-7-8-17-14(9-12)15(10-20-17)13-5-3-4-6-16(13)18/h3-10H,1H2,2H3. The SMILES string of the molecule is C=C(OC)c1ccc2scc(-c3ccccc3F)c2c1. The average Bonchev–Trinajstić information content (AvgIpc) is 2.90. The van der Waals surface area contributed by atoms with Gasteiger partial charge in [-0.2, -0.15) is 0 Å². The van der Waals surface area contributed by atoms with E-state index in [1.54, 1.807) is 30.6 Å². The van der Waals surface area contributed by atoms with Crippen LogP contribution >= 0.6 is 11.3 Å². The van der Waals surface area contributed by atoms with Crippen LogP contribution in [-0.2, 0) is 4.74 Å². The summed E-state index contributed by atoms with van der Waals surface area (Å²) in [7, 11) is 1.60. The van der Waals surface area contributed by atoms with Gasteiger partial charge in [0.2, 0.25) is 0 Å². The van der Waals surface area contributed by atoms with E-state index in [4.69, 9.17) is 4.74 Å². The van der Waals surface area contributed by atoms with Crippen LogP contribution in [0.4, 0.5) is 4.39 Å². The minimum Gasteiger partial charge on any atom is -0.497 e. The number of hydrogen-bond acceptors (Lipinski definition) is 2. The summed E-state index contributed by atoms with van der Waals surface area (Å²) >= 11 is 1.61. The Morgan fingerprint density at radius 3 is 2.70 bits per heavy atom. The first-order valence-electron chi connectivity index (χ1n) is 6.20. The molecule has 20 heavy (non-hydrogen) atoms. The summed E-state index contributed by atoms with van der Waals surface area (Å²) in [5.74, 6) is 0.403. The molecule has 0 saturated heterocycles. The normalized spacial score (nSPS) is 10.7. The van der Waals surface area contributed by atoms with E-state index in [1.165, 1.54) is 6.07 Å². The summed E-state index contributed by atoms with van der Waals surface area (Å²) < 4.78 is 20.3. The zero-order chi connectivity index (χ0) is 14.1. The van der Waals surface area contributed by atoms with Gasteiger partial charge in [-0.25, -0.2) is 4.39 Å². The van der Waals surface area contributed by atoms with Crippen molar-refractivity contribution in [2.75, 3.05) is 7.11 Å². The molecule has 3 heteroatoms. The van der Waals surface area contributed by atoms with Crippen LogP contribution in [0.25, 0.3) is 27.0 Å². The van der Waals surface area contributed by atoms with E-state index in [1.807, 2.05) is 29.6 Å². The first-order chi connectivity index (χ1) is 9.70. The van der Waals surface area contributed by atoms with E-state index >= 15 is 0 Å². The second-order valence-electron chi connectivity index (χ2n) is 4.47. The summed E-state index contributed by atoms with van der Waals surface area (Å²) in [6, 6.07) is 12.8. The number of fused-ring (bicyclic) bond motifs is 1. The fourth-order valence-electron chi connectivity index (χ4n) is 2.21. The number of benzene rings is 2. The van der Waals surface area contributed by atoms with Gasteiger partial charge in [0.25, 0.3) is 0 Å². The third-order valence-electron chi connectivity index (χ3n) is 3.31. The number of hydrogen-bond donors (Lipinski definition) is 0. The van der Waals surface area contributed by atoms with Crippen LogP contribution in [0.3, 0.4) is 0 Å². The topological polar surface area (TPSA) is 9.23 Å². The van der Waals surface area contributed by atoms with Gasteiger partial charge in [0.05, 0.1) is 7.11 Å². The number of thiophene rings is 1. The molecule has 0 atom stereocenters. The predicted octanol–water partition coefficient (Wildman–Crippen LogP) is 5.32. The molecule has 0 aliphatic carbocycles. The van der Waals surface area contributed by atoms with E-state index < -0.39 is 0 Å². The predicted molar refractivity (Wildman–Crippen MR) is 83.3 cm³/mol. The Morgan fingerprint density at radius 1 is 1.15 bits per heavy atom. The molecule has 0 aliphatic heterocycles. The molecule has 1 nitrogen and oxygen atoms in total. The van der Waals surface area contributed by atoms with E-state index in [0.29, 0.717) is 11.3 Å². The molecule has 0 spiro atoms. The summed E-state index contributed by atoms with van der Waals surface area (Å²) in [6.45, 7) is 3.86. The highest BCUT2D eigenvalue weighted by atomic mass is 32.1. The second kappa shape index (κ2) is 5.10. The third-order valence-corrected chi connectivity index (χ3v) is 4.27. The molecular weight excluding hydrogens is 271 g/mol. The molecule has 0 N–H and O–H groups in total. The lowest BCUT2D eigenvalue weighted by Gasteiger charge is -2.06. The first-order valence-corrected chi connectivity index (χ1v) is 7.08. The molecule has 0 aliphatic rings. The lowest BCUT2D eigenvalue weighted by atomic mass is 10.0. The smallest absolute Gasteiger partial charge is 0.131 e. The molecule has 0 fully saturated rings. The van der Waals surface area contributed by atoms with Crippen LogP contribution in [0.1, 0.15) is 5.56 Å². The van der Waals surface area contributed by atoms with Crippen LogP contribution in [0.15, 0.2) is 54.4 Å². The highest BCUT2D eigenvalue weighted by Crippen LogP contribution is 2.36. The quantitative estimate of drug-likeness (QED) is 0.591. The van der Waals surface area contributed by atoms with Crippen molar-refractivity contribution in [2.24, 2.45) is 0 Å². The zero-order valence-electron chi connectivity index (χ0n) is 11.0. The van der Waals surface area contributed by atoms with Gasteiger partial charge < -0.3 is 4.74 Å². The van der Waals surface area contributed by atoms with Crippen molar-refractivity contribution in [3.8, 4) is 11.1 Å². The number of halogens is 1. The zero-order valence-corrected chi connectivity index (χ0v) is 11.8. The lowest BCUT2D eigenvalue weighted by Crippen LogP contribution is -1.86. The first kappa shape index (κ1) is 12.9. The Balaban J connectivity index is 2.22. The van der Waals surface area contributed by atoms with E-state index in [2.05, 4.69) is 6.58 Å². The second-order valence-corrected chi connectivity index (χ2v) is 5.38. The molecule has 3 aromatic rings. The van der Waals surface area contributed by atoms with Gasteiger partial charge in [-0.1, -0.05) is 24.8 Å². The van der Waals surface area contributed by atoms with Crippen molar-refractivity contribution in [1.29, 1.82) is 0 Å². The Kier molecular flexibility index (Phi) is 3.28. The van der Waals surface area contributed by atoms with Crippen LogP contribution < -0.4 is 0 Å². The lowest BCUT2D eigenvalue weighted by molar-refractivity contribution is 0.371. The van der Waals surface area contributed by atoms with Crippen molar-refractivity contribution < 1.29 is 9.13 Å². The monoisotopic (exact) mass is 284 g/mol. The Morgan fingerprint density at radius 2 is 1.95 bits per heavy atom. The van der Waals surface area contributed by atoms with Crippen LogP contribution in [0.5, 0.6) is 0 Å². The van der Waals surface area contributed by atoms with Crippen molar-refractivity contribution in [2.45, 2.75) is 0 Å². The van der Waals surface area contributed by atoms with E-state index in [9.17, 15) is 4.39 Å². The molecule has 0 bridgehead atoms. The van der Waals surface area contributed by atoms with Gasteiger partial charge in [0.1, 0.15) is 11.6 Å². The van der Waals surface area contributed by atoms with Crippen LogP contribution in [0, 0.1) is 5.82 Å². The maximum absolute atomic E-state index is 14.0. The van der Waals surface area contributed by atoms with Crippen molar-refractivity contribution in [3.05, 3.63) is 65.8 Å². The van der Waals surface area contributed by atoms with Crippen LogP contribution in [-0.4, -0.2) is 7.11 Å². The molecular formula is C17H13FOS. The van der Waals surface area contributed by atoms with Gasteiger partial charge in [0, 0.05) is 26.8 Å². The van der Waals surface area contributed by atoms with Gasteiger partial charge >= 0.3 is 0 Å².